The lowest BCUT2D eigenvalue weighted by molar-refractivity contribution is -0.0437. The smallest absolute Gasteiger partial charge is 0.194 e. The summed E-state index contributed by atoms with van der Waals surface area (Å²) in [4.78, 5) is 9.26. The van der Waals surface area contributed by atoms with Crippen LogP contribution in [0.5, 0.6) is 0 Å². The zero-order valence-electron chi connectivity index (χ0n) is 15.7. The Morgan fingerprint density at radius 1 is 1.04 bits per heavy atom. The van der Waals surface area contributed by atoms with Gasteiger partial charge in [0.2, 0.25) is 0 Å². The van der Waals surface area contributed by atoms with E-state index in [0.717, 1.165) is 42.3 Å². The highest BCUT2D eigenvalue weighted by molar-refractivity contribution is 6.30. The van der Waals surface area contributed by atoms with Gasteiger partial charge in [0, 0.05) is 29.2 Å². The Morgan fingerprint density at radius 3 is 2.52 bits per heavy atom. The van der Waals surface area contributed by atoms with Crippen LogP contribution in [0, 0.1) is 0 Å². The number of halogens is 1. The van der Waals surface area contributed by atoms with Crippen molar-refractivity contribution in [2.75, 3.05) is 26.2 Å². The summed E-state index contributed by atoms with van der Waals surface area (Å²) in [6.07, 6.45) is 3.84. The lowest BCUT2D eigenvalue weighted by atomic mass is 9.89. The molecule has 4 nitrogen and oxygen atoms in total. The molecule has 2 aromatic rings. The molecule has 1 fully saturated rings. The summed E-state index contributed by atoms with van der Waals surface area (Å²) in [5, 5.41) is 12.7. The van der Waals surface area contributed by atoms with Crippen molar-refractivity contribution in [1.29, 1.82) is 0 Å². The van der Waals surface area contributed by atoms with Gasteiger partial charge in [0.1, 0.15) is 5.84 Å². The first kappa shape index (κ1) is 18.5. The number of rotatable bonds is 4. The van der Waals surface area contributed by atoms with E-state index in [1.165, 1.54) is 19.3 Å². The molecule has 2 aliphatic heterocycles. The van der Waals surface area contributed by atoms with E-state index in [0.29, 0.717) is 11.6 Å². The zero-order chi connectivity index (χ0) is 18.9. The van der Waals surface area contributed by atoms with Crippen molar-refractivity contribution in [2.24, 2.45) is 4.99 Å². The molecular weight excluding hydrogens is 358 g/mol. The molecule has 27 heavy (non-hydrogen) atoms. The van der Waals surface area contributed by atoms with Crippen molar-refractivity contribution in [3.05, 3.63) is 64.7 Å². The van der Waals surface area contributed by atoms with Crippen LogP contribution in [0.4, 0.5) is 5.69 Å². The Labute approximate surface area is 166 Å². The summed E-state index contributed by atoms with van der Waals surface area (Å²) in [6.45, 7) is 5.87. The SMILES string of the molecule is CC1=Nc2ccc(Cl)cc2C(O)(c2ccccc2)N1CCN1CCCCC1. The maximum Gasteiger partial charge on any atom is 0.194 e. The Morgan fingerprint density at radius 2 is 1.78 bits per heavy atom. The number of fused-ring (bicyclic) bond motifs is 1. The van der Waals surface area contributed by atoms with E-state index in [1.807, 2.05) is 60.4 Å². The predicted molar refractivity (Wildman–Crippen MR) is 111 cm³/mol. The third-order valence-corrected chi connectivity index (χ3v) is 5.90. The molecule has 0 amide bonds. The van der Waals surface area contributed by atoms with Gasteiger partial charge in [0.05, 0.1) is 5.69 Å². The summed E-state index contributed by atoms with van der Waals surface area (Å²) >= 11 is 6.29. The van der Waals surface area contributed by atoms with Crippen LogP contribution in [0.15, 0.2) is 53.5 Å². The standard InChI is InChI=1S/C22H26ClN3O/c1-17-24-21-11-10-19(23)16-20(21)22(27,18-8-4-2-5-9-18)26(17)15-14-25-12-6-3-7-13-25/h2,4-5,8-11,16,27H,3,6-7,12-15H2,1H3. The predicted octanol–water partition coefficient (Wildman–Crippen LogP) is 4.38. The van der Waals surface area contributed by atoms with Gasteiger partial charge in [-0.15, -0.1) is 0 Å². The van der Waals surface area contributed by atoms with Crippen LogP contribution in [-0.4, -0.2) is 46.9 Å². The van der Waals surface area contributed by atoms with Crippen molar-refractivity contribution in [3.8, 4) is 0 Å². The Balaban J connectivity index is 1.73. The third-order valence-electron chi connectivity index (χ3n) is 5.66. The number of nitrogens with zero attached hydrogens (tertiary/aromatic N) is 3. The van der Waals surface area contributed by atoms with E-state index in [4.69, 9.17) is 16.6 Å². The molecule has 2 heterocycles. The van der Waals surface area contributed by atoms with Crippen LogP contribution in [0.2, 0.25) is 5.02 Å². The second-order valence-electron chi connectivity index (χ2n) is 7.41. The number of piperidine rings is 1. The lowest BCUT2D eigenvalue weighted by Gasteiger charge is -2.45. The van der Waals surface area contributed by atoms with Crippen LogP contribution in [0.1, 0.15) is 37.3 Å². The molecule has 0 spiro atoms. The molecule has 0 radical (unpaired) electrons. The number of amidine groups is 1. The summed E-state index contributed by atoms with van der Waals surface area (Å²) in [5.74, 6) is 0.827. The van der Waals surface area contributed by atoms with Crippen LogP contribution in [-0.2, 0) is 5.72 Å². The Bertz CT molecular complexity index is 833. The first-order valence-corrected chi connectivity index (χ1v) is 10.1. The van der Waals surface area contributed by atoms with Gasteiger partial charge in [-0.2, -0.15) is 0 Å². The molecule has 0 aromatic heterocycles. The van der Waals surface area contributed by atoms with E-state index < -0.39 is 5.72 Å². The van der Waals surface area contributed by atoms with E-state index in [2.05, 4.69) is 4.90 Å². The van der Waals surface area contributed by atoms with Crippen molar-refractivity contribution in [1.82, 2.24) is 9.80 Å². The average Bonchev–Trinajstić information content (AvgIpc) is 2.70. The van der Waals surface area contributed by atoms with Crippen molar-refractivity contribution >= 4 is 23.1 Å². The molecule has 5 heteroatoms. The van der Waals surface area contributed by atoms with Gasteiger partial charge in [0.15, 0.2) is 5.72 Å². The van der Waals surface area contributed by atoms with Crippen LogP contribution < -0.4 is 0 Å². The maximum absolute atomic E-state index is 12.0. The highest BCUT2D eigenvalue weighted by Gasteiger charge is 2.43. The van der Waals surface area contributed by atoms with Gasteiger partial charge < -0.3 is 14.9 Å². The number of likely N-dealkylation sites (tertiary alicyclic amines) is 1. The van der Waals surface area contributed by atoms with Crippen LogP contribution in [0.3, 0.4) is 0 Å². The van der Waals surface area contributed by atoms with Gasteiger partial charge in [0.25, 0.3) is 0 Å². The third kappa shape index (κ3) is 3.49. The largest absolute Gasteiger partial charge is 0.363 e. The fraction of sp³-hybridized carbons (Fsp3) is 0.409. The molecule has 1 N–H and O–H groups in total. The minimum atomic E-state index is -1.27. The highest BCUT2D eigenvalue weighted by atomic mass is 35.5. The molecule has 0 aliphatic carbocycles. The fourth-order valence-corrected chi connectivity index (χ4v) is 4.40. The minimum Gasteiger partial charge on any atom is -0.363 e. The summed E-state index contributed by atoms with van der Waals surface area (Å²) in [7, 11) is 0. The topological polar surface area (TPSA) is 39.1 Å². The molecule has 1 atom stereocenters. The van der Waals surface area contributed by atoms with Gasteiger partial charge in [-0.3, -0.25) is 0 Å². The van der Waals surface area contributed by atoms with Gasteiger partial charge in [-0.25, -0.2) is 4.99 Å². The molecule has 1 unspecified atom stereocenters. The van der Waals surface area contributed by atoms with Crippen LogP contribution >= 0.6 is 11.6 Å². The second kappa shape index (κ2) is 7.63. The fourth-order valence-electron chi connectivity index (χ4n) is 4.23. The monoisotopic (exact) mass is 383 g/mol. The van der Waals surface area contributed by atoms with E-state index in [9.17, 15) is 5.11 Å². The molecule has 0 bridgehead atoms. The molecule has 2 aromatic carbocycles. The van der Waals surface area contributed by atoms with Gasteiger partial charge in [-0.05, 0) is 51.1 Å². The first-order chi connectivity index (χ1) is 13.1. The van der Waals surface area contributed by atoms with Crippen molar-refractivity contribution < 1.29 is 5.11 Å². The molecule has 0 saturated carbocycles. The van der Waals surface area contributed by atoms with E-state index in [1.54, 1.807) is 0 Å². The molecule has 4 rings (SSSR count). The van der Waals surface area contributed by atoms with Crippen molar-refractivity contribution in [3.63, 3.8) is 0 Å². The number of benzene rings is 2. The zero-order valence-corrected chi connectivity index (χ0v) is 16.5. The molecule has 142 valence electrons. The maximum atomic E-state index is 12.0. The lowest BCUT2D eigenvalue weighted by Crippen LogP contribution is -2.53. The number of aliphatic hydroxyl groups is 1. The van der Waals surface area contributed by atoms with Crippen molar-refractivity contribution in [2.45, 2.75) is 31.9 Å². The first-order valence-electron chi connectivity index (χ1n) is 9.72. The summed E-state index contributed by atoms with van der Waals surface area (Å²) in [5.41, 5.74) is 1.08. The number of hydrogen-bond donors (Lipinski definition) is 1. The molecular formula is C22H26ClN3O. The highest BCUT2D eigenvalue weighted by Crippen LogP contribution is 2.43. The van der Waals surface area contributed by atoms with Gasteiger partial charge in [-0.1, -0.05) is 48.4 Å². The Hall–Kier alpha value is -1.88. The molecule has 2 aliphatic rings. The minimum absolute atomic E-state index is 0.605. The summed E-state index contributed by atoms with van der Waals surface area (Å²) in [6, 6.07) is 15.4. The number of aliphatic imine (C=N–C) groups is 1. The van der Waals surface area contributed by atoms with E-state index in [-0.39, 0.29) is 0 Å². The second-order valence-corrected chi connectivity index (χ2v) is 7.85. The summed E-state index contributed by atoms with van der Waals surface area (Å²) < 4.78 is 0. The van der Waals surface area contributed by atoms with Gasteiger partial charge >= 0.3 is 0 Å². The molecule has 1 saturated heterocycles. The Kier molecular flexibility index (Phi) is 5.22. The number of hydrogen-bond acceptors (Lipinski definition) is 4. The quantitative estimate of drug-likeness (QED) is 0.851. The normalized spacial score (nSPS) is 23.1. The average molecular weight is 384 g/mol. The van der Waals surface area contributed by atoms with Crippen LogP contribution in [0.25, 0.3) is 0 Å². The van der Waals surface area contributed by atoms with E-state index >= 15 is 0 Å².